The lowest BCUT2D eigenvalue weighted by Crippen LogP contribution is -2.37. The molecule has 0 saturated carbocycles. The standard InChI is InChI=1S/C19H28F3NO/c1-13(2)16-15(24-5)7-6-14(17(16)19(20,21)22)12-23-10-8-18(3,4)9-11-23/h6-7,13H,8-12H2,1-5H3. The third kappa shape index (κ3) is 4.24. The molecule has 0 aromatic heterocycles. The average molecular weight is 343 g/mol. The second kappa shape index (κ2) is 6.95. The van der Waals surface area contributed by atoms with E-state index >= 15 is 0 Å². The van der Waals surface area contributed by atoms with E-state index in [9.17, 15) is 13.2 Å². The molecule has 0 bridgehead atoms. The Hall–Kier alpha value is -1.23. The second-order valence-electron chi connectivity index (χ2n) is 7.81. The number of rotatable bonds is 4. The number of likely N-dealkylation sites (tertiary alicyclic amines) is 1. The average Bonchev–Trinajstić information content (AvgIpc) is 2.47. The maximum absolute atomic E-state index is 13.8. The Labute approximate surface area is 143 Å². The first-order valence-electron chi connectivity index (χ1n) is 8.54. The number of piperidine rings is 1. The lowest BCUT2D eigenvalue weighted by Gasteiger charge is -2.37. The van der Waals surface area contributed by atoms with E-state index < -0.39 is 11.7 Å². The molecule has 5 heteroatoms. The SMILES string of the molecule is COc1ccc(CN2CCC(C)(C)CC2)c(C(F)(F)F)c1C(C)C. The third-order valence-corrected chi connectivity index (χ3v) is 4.98. The van der Waals surface area contributed by atoms with Crippen molar-refractivity contribution in [2.24, 2.45) is 5.41 Å². The highest BCUT2D eigenvalue weighted by molar-refractivity contribution is 5.48. The van der Waals surface area contributed by atoms with Crippen molar-refractivity contribution in [3.05, 3.63) is 28.8 Å². The van der Waals surface area contributed by atoms with Crippen molar-refractivity contribution in [1.82, 2.24) is 4.90 Å². The van der Waals surface area contributed by atoms with Crippen molar-refractivity contribution < 1.29 is 17.9 Å². The molecule has 1 fully saturated rings. The maximum Gasteiger partial charge on any atom is 0.417 e. The molecule has 1 aliphatic heterocycles. The fourth-order valence-corrected chi connectivity index (χ4v) is 3.42. The summed E-state index contributed by atoms with van der Waals surface area (Å²) in [6, 6.07) is 3.25. The first-order chi connectivity index (χ1) is 11.0. The van der Waals surface area contributed by atoms with E-state index in [2.05, 4.69) is 18.7 Å². The summed E-state index contributed by atoms with van der Waals surface area (Å²) in [4.78, 5) is 2.13. The van der Waals surface area contributed by atoms with E-state index in [-0.39, 0.29) is 16.9 Å². The number of halogens is 3. The van der Waals surface area contributed by atoms with Gasteiger partial charge in [0.25, 0.3) is 0 Å². The molecule has 0 unspecified atom stereocenters. The van der Waals surface area contributed by atoms with E-state index in [0.29, 0.717) is 17.9 Å². The minimum absolute atomic E-state index is 0.253. The highest BCUT2D eigenvalue weighted by atomic mass is 19.4. The van der Waals surface area contributed by atoms with Crippen LogP contribution in [0.2, 0.25) is 0 Å². The lowest BCUT2D eigenvalue weighted by molar-refractivity contribution is -0.139. The number of alkyl halides is 3. The smallest absolute Gasteiger partial charge is 0.417 e. The van der Waals surface area contributed by atoms with E-state index in [0.717, 1.165) is 25.9 Å². The molecule has 0 N–H and O–H groups in total. The Balaban J connectivity index is 2.38. The molecule has 2 rings (SSSR count). The molecule has 1 aromatic carbocycles. The number of ether oxygens (including phenoxy) is 1. The molecule has 0 atom stereocenters. The summed E-state index contributed by atoms with van der Waals surface area (Å²) in [5.41, 5.74) is 0.389. The third-order valence-electron chi connectivity index (χ3n) is 4.98. The molecule has 2 nitrogen and oxygen atoms in total. The summed E-state index contributed by atoms with van der Waals surface area (Å²) in [6.07, 6.45) is -2.35. The van der Waals surface area contributed by atoms with Gasteiger partial charge in [0, 0.05) is 12.1 Å². The number of benzene rings is 1. The van der Waals surface area contributed by atoms with Gasteiger partial charge in [0.2, 0.25) is 0 Å². The van der Waals surface area contributed by atoms with Crippen LogP contribution in [0.3, 0.4) is 0 Å². The van der Waals surface area contributed by atoms with Gasteiger partial charge in [-0.3, -0.25) is 4.90 Å². The summed E-state index contributed by atoms with van der Waals surface area (Å²) >= 11 is 0. The zero-order chi connectivity index (χ0) is 18.1. The second-order valence-corrected chi connectivity index (χ2v) is 7.81. The van der Waals surface area contributed by atoms with Gasteiger partial charge in [-0.1, -0.05) is 33.8 Å². The summed E-state index contributed by atoms with van der Waals surface area (Å²) in [5.74, 6) is 0.0673. The Morgan fingerprint density at radius 1 is 1.17 bits per heavy atom. The Morgan fingerprint density at radius 3 is 2.21 bits per heavy atom. The fourth-order valence-electron chi connectivity index (χ4n) is 3.42. The van der Waals surface area contributed by atoms with Crippen LogP contribution in [0.4, 0.5) is 13.2 Å². The minimum atomic E-state index is -4.38. The van der Waals surface area contributed by atoms with Gasteiger partial charge < -0.3 is 4.74 Å². The molecule has 0 aliphatic carbocycles. The molecule has 1 aromatic rings. The van der Waals surface area contributed by atoms with Crippen molar-refractivity contribution in [3.8, 4) is 5.75 Å². The number of hydrogen-bond donors (Lipinski definition) is 0. The van der Waals surface area contributed by atoms with Gasteiger partial charge in [0.15, 0.2) is 0 Å². The quantitative estimate of drug-likeness (QED) is 0.720. The molecule has 24 heavy (non-hydrogen) atoms. The molecule has 0 spiro atoms. The van der Waals surface area contributed by atoms with Crippen LogP contribution >= 0.6 is 0 Å². The lowest BCUT2D eigenvalue weighted by atomic mass is 9.82. The first-order valence-corrected chi connectivity index (χ1v) is 8.54. The predicted molar refractivity (Wildman–Crippen MR) is 90.4 cm³/mol. The van der Waals surface area contributed by atoms with Gasteiger partial charge >= 0.3 is 6.18 Å². The van der Waals surface area contributed by atoms with Crippen molar-refractivity contribution in [2.75, 3.05) is 20.2 Å². The molecule has 0 amide bonds. The monoisotopic (exact) mass is 343 g/mol. The molecule has 0 radical (unpaired) electrons. The predicted octanol–water partition coefficient (Wildman–Crippen LogP) is 5.46. The van der Waals surface area contributed by atoms with Gasteiger partial charge in [-0.15, -0.1) is 0 Å². The maximum atomic E-state index is 13.8. The van der Waals surface area contributed by atoms with E-state index in [1.165, 1.54) is 7.11 Å². The highest BCUT2D eigenvalue weighted by Gasteiger charge is 2.39. The summed E-state index contributed by atoms with van der Waals surface area (Å²) in [6.45, 7) is 10.0. The van der Waals surface area contributed by atoms with Crippen LogP contribution in [0.25, 0.3) is 0 Å². The number of methoxy groups -OCH3 is 1. The zero-order valence-corrected chi connectivity index (χ0v) is 15.3. The molecular weight excluding hydrogens is 315 g/mol. The van der Waals surface area contributed by atoms with Gasteiger partial charge in [0.05, 0.1) is 12.7 Å². The Bertz CT molecular complexity index is 569. The summed E-state index contributed by atoms with van der Waals surface area (Å²) in [5, 5.41) is 0. The van der Waals surface area contributed by atoms with Crippen molar-refractivity contribution in [3.63, 3.8) is 0 Å². The van der Waals surface area contributed by atoms with Crippen LogP contribution in [-0.4, -0.2) is 25.1 Å². The Morgan fingerprint density at radius 2 is 1.75 bits per heavy atom. The van der Waals surface area contributed by atoms with Crippen molar-refractivity contribution >= 4 is 0 Å². The van der Waals surface area contributed by atoms with E-state index in [4.69, 9.17) is 4.74 Å². The van der Waals surface area contributed by atoms with Crippen LogP contribution in [0.1, 0.15) is 63.1 Å². The van der Waals surface area contributed by atoms with Gasteiger partial charge in [0.1, 0.15) is 5.75 Å². The highest BCUT2D eigenvalue weighted by Crippen LogP contribution is 2.43. The summed E-state index contributed by atoms with van der Waals surface area (Å²) < 4.78 is 46.6. The normalized spacial score (nSPS) is 18.9. The van der Waals surface area contributed by atoms with Crippen molar-refractivity contribution in [2.45, 2.75) is 59.2 Å². The van der Waals surface area contributed by atoms with Crippen LogP contribution in [0.15, 0.2) is 12.1 Å². The van der Waals surface area contributed by atoms with Crippen LogP contribution in [0, 0.1) is 5.41 Å². The van der Waals surface area contributed by atoms with Crippen molar-refractivity contribution in [1.29, 1.82) is 0 Å². The van der Waals surface area contributed by atoms with Crippen LogP contribution < -0.4 is 4.74 Å². The first kappa shape index (κ1) is 19.1. The van der Waals surface area contributed by atoms with Gasteiger partial charge in [-0.05, 0) is 48.9 Å². The molecule has 1 saturated heterocycles. The van der Waals surface area contributed by atoms with Gasteiger partial charge in [-0.25, -0.2) is 0 Å². The molecule has 1 heterocycles. The van der Waals surface area contributed by atoms with E-state index in [1.54, 1.807) is 26.0 Å². The minimum Gasteiger partial charge on any atom is -0.496 e. The van der Waals surface area contributed by atoms with E-state index in [1.807, 2.05) is 0 Å². The zero-order valence-electron chi connectivity index (χ0n) is 15.3. The van der Waals surface area contributed by atoms with Gasteiger partial charge in [-0.2, -0.15) is 13.2 Å². The van der Waals surface area contributed by atoms with Crippen LogP contribution in [0.5, 0.6) is 5.75 Å². The molecular formula is C19H28F3NO. The van der Waals surface area contributed by atoms with Crippen LogP contribution in [-0.2, 0) is 12.7 Å². The number of hydrogen-bond acceptors (Lipinski definition) is 2. The topological polar surface area (TPSA) is 12.5 Å². The fraction of sp³-hybridized carbons (Fsp3) is 0.684. The number of nitrogens with zero attached hydrogens (tertiary/aromatic N) is 1. The summed E-state index contributed by atoms with van der Waals surface area (Å²) in [7, 11) is 1.42. The largest absolute Gasteiger partial charge is 0.496 e. The Kier molecular flexibility index (Phi) is 5.53. The molecule has 136 valence electrons. The molecule has 1 aliphatic rings.